The second kappa shape index (κ2) is 13.9. The molecule has 0 aromatic heterocycles. The third kappa shape index (κ3) is 6.02. The van der Waals surface area contributed by atoms with E-state index < -0.39 is 5.97 Å². The molecule has 8 aromatic carbocycles. The number of fused-ring (bicyclic) bond motifs is 4. The molecule has 10 rings (SSSR count). The molecule has 0 saturated carbocycles. The standard InChI is InChI=1S/C52H36O4/c1-33(53)54-48-31-41(37-20-12-5-13-21-37)32-49-52(48)51(44-27-24-40(30-47(44)56-49)36-18-10-4-11-19-36)50-42-25-22-38(34-14-6-2-7-15-34)28-45(42)55-46-29-39(23-26-43(46)50)35-16-8-3-9-17-35/h2-32,50-51H,1H3. The topological polar surface area (TPSA) is 44.8 Å². The highest BCUT2D eigenvalue weighted by Gasteiger charge is 2.42. The fourth-order valence-electron chi connectivity index (χ4n) is 8.36. The summed E-state index contributed by atoms with van der Waals surface area (Å²) in [5, 5.41) is 0. The highest BCUT2D eigenvalue weighted by Crippen LogP contribution is 2.60. The van der Waals surface area contributed by atoms with E-state index >= 15 is 0 Å². The summed E-state index contributed by atoms with van der Waals surface area (Å²) >= 11 is 0. The quantitative estimate of drug-likeness (QED) is 0.127. The van der Waals surface area contributed by atoms with Crippen molar-refractivity contribution in [2.45, 2.75) is 18.8 Å². The average molecular weight is 725 g/mol. The number of carbonyl (C=O) groups is 1. The molecule has 0 bridgehead atoms. The number of hydrogen-bond donors (Lipinski definition) is 0. The Morgan fingerprint density at radius 2 is 0.750 bits per heavy atom. The number of benzene rings is 8. The van der Waals surface area contributed by atoms with Gasteiger partial charge >= 0.3 is 5.97 Å². The van der Waals surface area contributed by atoms with Gasteiger partial charge in [-0.1, -0.05) is 158 Å². The molecule has 1 atom stereocenters. The van der Waals surface area contributed by atoms with Crippen molar-refractivity contribution in [2.75, 3.05) is 0 Å². The fraction of sp³-hybridized carbons (Fsp3) is 0.0577. The first-order valence-electron chi connectivity index (χ1n) is 18.9. The molecule has 0 amide bonds. The number of rotatable bonds is 6. The molecule has 8 aromatic rings. The minimum absolute atomic E-state index is 0.232. The molecular weight excluding hydrogens is 689 g/mol. The Balaban J connectivity index is 1.24. The average Bonchev–Trinajstić information content (AvgIpc) is 3.25. The van der Waals surface area contributed by atoms with Gasteiger partial charge in [0.15, 0.2) is 0 Å². The Bertz CT molecular complexity index is 2650. The van der Waals surface area contributed by atoms with Gasteiger partial charge in [0.2, 0.25) is 0 Å². The van der Waals surface area contributed by atoms with Crippen molar-refractivity contribution < 1.29 is 19.0 Å². The SMILES string of the molecule is CC(=O)Oc1cc(-c2ccccc2)cc2c1C(C1c3ccc(-c4ccccc4)cc3Oc3cc(-c4ccccc4)ccc31)c1ccc(-c3ccccc3)cc1O2. The molecular formula is C52H36O4. The molecule has 2 aliphatic heterocycles. The third-order valence-corrected chi connectivity index (χ3v) is 10.9. The highest BCUT2D eigenvalue weighted by molar-refractivity contribution is 5.79. The second-order valence-corrected chi connectivity index (χ2v) is 14.4. The Morgan fingerprint density at radius 3 is 1.16 bits per heavy atom. The monoisotopic (exact) mass is 724 g/mol. The molecule has 0 N–H and O–H groups in total. The minimum Gasteiger partial charge on any atom is -0.457 e. The van der Waals surface area contributed by atoms with Crippen LogP contribution in [0.1, 0.15) is 41.0 Å². The maximum atomic E-state index is 12.9. The van der Waals surface area contributed by atoms with Gasteiger partial charge in [-0.25, -0.2) is 0 Å². The Labute approximate surface area is 326 Å². The molecule has 2 heterocycles. The molecule has 0 saturated heterocycles. The van der Waals surface area contributed by atoms with Gasteiger partial charge in [-0.3, -0.25) is 4.79 Å². The molecule has 4 heteroatoms. The van der Waals surface area contributed by atoms with Gasteiger partial charge in [-0.15, -0.1) is 0 Å². The van der Waals surface area contributed by atoms with Crippen LogP contribution < -0.4 is 14.2 Å². The third-order valence-electron chi connectivity index (χ3n) is 10.9. The molecule has 2 aliphatic rings. The summed E-state index contributed by atoms with van der Waals surface area (Å²) in [5.41, 5.74) is 12.3. The van der Waals surface area contributed by atoms with Gasteiger partial charge in [0.25, 0.3) is 0 Å². The van der Waals surface area contributed by atoms with E-state index in [0.29, 0.717) is 11.5 Å². The number of carbonyl (C=O) groups excluding carboxylic acids is 1. The summed E-state index contributed by atoms with van der Waals surface area (Å²) in [4.78, 5) is 12.9. The fourth-order valence-corrected chi connectivity index (χ4v) is 8.36. The second-order valence-electron chi connectivity index (χ2n) is 14.4. The van der Waals surface area contributed by atoms with Crippen LogP contribution in [0.15, 0.2) is 188 Å². The van der Waals surface area contributed by atoms with Crippen LogP contribution in [-0.2, 0) is 4.79 Å². The first-order chi connectivity index (χ1) is 27.6. The van der Waals surface area contributed by atoms with E-state index in [2.05, 4.69) is 146 Å². The highest BCUT2D eigenvalue weighted by atomic mass is 16.5. The van der Waals surface area contributed by atoms with Crippen LogP contribution in [0.5, 0.6) is 28.7 Å². The first kappa shape index (κ1) is 33.4. The minimum atomic E-state index is -0.394. The summed E-state index contributed by atoms with van der Waals surface area (Å²) in [7, 11) is 0. The van der Waals surface area contributed by atoms with Crippen molar-refractivity contribution in [1.29, 1.82) is 0 Å². The lowest BCUT2D eigenvalue weighted by Crippen LogP contribution is -2.23. The van der Waals surface area contributed by atoms with Crippen LogP contribution in [0.25, 0.3) is 44.5 Å². The Morgan fingerprint density at radius 1 is 0.393 bits per heavy atom. The van der Waals surface area contributed by atoms with Gasteiger partial charge < -0.3 is 14.2 Å². The lowest BCUT2D eigenvalue weighted by Gasteiger charge is -2.39. The van der Waals surface area contributed by atoms with E-state index in [-0.39, 0.29) is 11.8 Å². The molecule has 56 heavy (non-hydrogen) atoms. The van der Waals surface area contributed by atoms with Crippen molar-refractivity contribution in [1.82, 2.24) is 0 Å². The molecule has 268 valence electrons. The van der Waals surface area contributed by atoms with Gasteiger partial charge in [-0.2, -0.15) is 0 Å². The lowest BCUT2D eigenvalue weighted by atomic mass is 9.70. The summed E-state index contributed by atoms with van der Waals surface area (Å²) in [6.45, 7) is 1.45. The maximum Gasteiger partial charge on any atom is 0.308 e. The molecule has 4 nitrogen and oxygen atoms in total. The first-order valence-corrected chi connectivity index (χ1v) is 18.9. The van der Waals surface area contributed by atoms with E-state index in [1.807, 2.05) is 42.5 Å². The van der Waals surface area contributed by atoms with Crippen LogP contribution in [-0.4, -0.2) is 5.97 Å². The molecule has 0 radical (unpaired) electrons. The summed E-state index contributed by atoms with van der Waals surface area (Å²) in [6.07, 6.45) is 0. The Hall–Kier alpha value is -7.17. The molecule has 1 unspecified atom stereocenters. The van der Waals surface area contributed by atoms with E-state index in [1.54, 1.807) is 0 Å². The van der Waals surface area contributed by atoms with E-state index in [9.17, 15) is 4.79 Å². The van der Waals surface area contributed by atoms with E-state index in [0.717, 1.165) is 84.0 Å². The van der Waals surface area contributed by atoms with Crippen molar-refractivity contribution in [3.8, 4) is 73.3 Å². The van der Waals surface area contributed by atoms with Crippen LogP contribution in [0.4, 0.5) is 0 Å². The zero-order chi connectivity index (χ0) is 37.6. The normalized spacial score (nSPS) is 13.9. The van der Waals surface area contributed by atoms with Crippen molar-refractivity contribution >= 4 is 5.97 Å². The summed E-state index contributed by atoms with van der Waals surface area (Å²) in [6, 6.07) is 64.9. The van der Waals surface area contributed by atoms with E-state index in [4.69, 9.17) is 14.2 Å². The number of ether oxygens (including phenoxy) is 3. The predicted molar refractivity (Wildman–Crippen MR) is 223 cm³/mol. The van der Waals surface area contributed by atoms with Crippen molar-refractivity contribution in [2.24, 2.45) is 0 Å². The summed E-state index contributed by atoms with van der Waals surface area (Å²) in [5.74, 6) is 2.54. The van der Waals surface area contributed by atoms with Gasteiger partial charge in [0, 0.05) is 41.0 Å². The number of hydrogen-bond acceptors (Lipinski definition) is 4. The Kier molecular flexibility index (Phi) is 8.30. The van der Waals surface area contributed by atoms with E-state index in [1.165, 1.54) is 6.92 Å². The molecule has 0 spiro atoms. The van der Waals surface area contributed by atoms with Crippen LogP contribution >= 0.6 is 0 Å². The van der Waals surface area contributed by atoms with Crippen LogP contribution in [0.2, 0.25) is 0 Å². The van der Waals surface area contributed by atoms with Crippen LogP contribution in [0.3, 0.4) is 0 Å². The van der Waals surface area contributed by atoms with Gasteiger partial charge in [0.05, 0.1) is 0 Å². The predicted octanol–water partition coefficient (Wildman–Crippen LogP) is 13.5. The summed E-state index contributed by atoms with van der Waals surface area (Å²) < 4.78 is 20.1. The smallest absolute Gasteiger partial charge is 0.308 e. The van der Waals surface area contributed by atoms with Crippen molar-refractivity contribution in [3.63, 3.8) is 0 Å². The molecule has 0 aliphatic carbocycles. The lowest BCUT2D eigenvalue weighted by molar-refractivity contribution is -0.131. The van der Waals surface area contributed by atoms with Gasteiger partial charge in [0.1, 0.15) is 28.7 Å². The number of esters is 1. The molecule has 0 fully saturated rings. The maximum absolute atomic E-state index is 12.9. The zero-order valence-corrected chi connectivity index (χ0v) is 30.7. The largest absolute Gasteiger partial charge is 0.457 e. The van der Waals surface area contributed by atoms with Crippen LogP contribution in [0, 0.1) is 0 Å². The zero-order valence-electron chi connectivity index (χ0n) is 30.7. The van der Waals surface area contributed by atoms with Gasteiger partial charge in [-0.05, 0) is 74.8 Å². The van der Waals surface area contributed by atoms with Crippen molar-refractivity contribution in [3.05, 3.63) is 210 Å².